The summed E-state index contributed by atoms with van der Waals surface area (Å²) in [5.74, 6) is 0. The molecule has 0 aromatic carbocycles. The van der Waals surface area contributed by atoms with Crippen LogP contribution in [0.4, 0.5) is 0 Å². The summed E-state index contributed by atoms with van der Waals surface area (Å²) in [7, 11) is 0. The number of nitrogens with two attached hydrogens (primary N) is 1. The zero-order valence-corrected chi connectivity index (χ0v) is 7.91. The van der Waals surface area contributed by atoms with E-state index in [9.17, 15) is 0 Å². The molecule has 0 spiro atoms. The maximum Gasteiger partial charge on any atom is 0.0869 e. The molecule has 68 valence electrons. The van der Waals surface area contributed by atoms with Crippen LogP contribution in [0.1, 0.15) is 38.2 Å². The van der Waals surface area contributed by atoms with Crippen LogP contribution in [0.25, 0.3) is 0 Å². The fraction of sp³-hybridized carbons (Fsp3) is 0.750. The SMILES string of the molecule is CCc1nnn(C(C)C)c1CN. The molecule has 1 aromatic heterocycles. The highest BCUT2D eigenvalue weighted by Crippen LogP contribution is 2.10. The van der Waals surface area contributed by atoms with Gasteiger partial charge in [0.1, 0.15) is 0 Å². The summed E-state index contributed by atoms with van der Waals surface area (Å²) in [5, 5.41) is 8.10. The van der Waals surface area contributed by atoms with Crippen molar-refractivity contribution in [1.82, 2.24) is 15.0 Å². The van der Waals surface area contributed by atoms with Crippen LogP contribution in [-0.2, 0) is 13.0 Å². The van der Waals surface area contributed by atoms with Gasteiger partial charge in [-0.15, -0.1) is 5.10 Å². The van der Waals surface area contributed by atoms with E-state index in [1.807, 2.05) is 4.68 Å². The molecule has 1 heterocycles. The third-order valence-electron chi connectivity index (χ3n) is 1.89. The minimum Gasteiger partial charge on any atom is -0.325 e. The molecule has 0 saturated heterocycles. The Kier molecular flexibility index (Phi) is 2.81. The van der Waals surface area contributed by atoms with Crippen LogP contribution < -0.4 is 5.73 Å². The summed E-state index contributed by atoms with van der Waals surface area (Å²) >= 11 is 0. The lowest BCUT2D eigenvalue weighted by molar-refractivity contribution is 0.494. The fourth-order valence-corrected chi connectivity index (χ4v) is 1.25. The quantitative estimate of drug-likeness (QED) is 0.729. The summed E-state index contributed by atoms with van der Waals surface area (Å²) in [6.45, 7) is 6.74. The van der Waals surface area contributed by atoms with E-state index in [1.54, 1.807) is 0 Å². The maximum atomic E-state index is 5.61. The van der Waals surface area contributed by atoms with Crippen LogP contribution in [0.15, 0.2) is 0 Å². The third kappa shape index (κ3) is 1.48. The summed E-state index contributed by atoms with van der Waals surface area (Å²) in [5.41, 5.74) is 7.69. The molecule has 0 atom stereocenters. The minimum absolute atomic E-state index is 0.344. The molecule has 4 nitrogen and oxygen atoms in total. The fourth-order valence-electron chi connectivity index (χ4n) is 1.25. The summed E-state index contributed by atoms with van der Waals surface area (Å²) < 4.78 is 1.89. The third-order valence-corrected chi connectivity index (χ3v) is 1.89. The van der Waals surface area contributed by atoms with Gasteiger partial charge >= 0.3 is 0 Å². The predicted molar refractivity (Wildman–Crippen MR) is 47.7 cm³/mol. The van der Waals surface area contributed by atoms with E-state index in [0.717, 1.165) is 17.8 Å². The molecule has 2 N–H and O–H groups in total. The van der Waals surface area contributed by atoms with Gasteiger partial charge < -0.3 is 5.73 Å². The number of rotatable bonds is 3. The van der Waals surface area contributed by atoms with Crippen molar-refractivity contribution in [3.05, 3.63) is 11.4 Å². The Morgan fingerprint density at radius 1 is 1.50 bits per heavy atom. The Labute approximate surface area is 72.8 Å². The van der Waals surface area contributed by atoms with Gasteiger partial charge in [-0.3, -0.25) is 0 Å². The van der Waals surface area contributed by atoms with Gasteiger partial charge in [0, 0.05) is 12.6 Å². The van der Waals surface area contributed by atoms with Crippen molar-refractivity contribution in [1.29, 1.82) is 0 Å². The molecule has 12 heavy (non-hydrogen) atoms. The Bertz CT molecular complexity index is 252. The van der Waals surface area contributed by atoms with Crippen LogP contribution in [0.2, 0.25) is 0 Å². The number of aromatic nitrogens is 3. The van der Waals surface area contributed by atoms with Gasteiger partial charge in [0.15, 0.2) is 0 Å². The molecule has 0 aliphatic rings. The summed E-state index contributed by atoms with van der Waals surface area (Å²) in [4.78, 5) is 0. The molecular weight excluding hydrogens is 152 g/mol. The summed E-state index contributed by atoms with van der Waals surface area (Å²) in [6.07, 6.45) is 0.902. The van der Waals surface area contributed by atoms with Crippen LogP contribution in [0.5, 0.6) is 0 Å². The molecule has 0 aliphatic carbocycles. The van der Waals surface area contributed by atoms with Crippen LogP contribution in [0.3, 0.4) is 0 Å². The zero-order valence-electron chi connectivity index (χ0n) is 7.91. The minimum atomic E-state index is 0.344. The van der Waals surface area contributed by atoms with Gasteiger partial charge in [0.05, 0.1) is 11.4 Å². The number of nitrogens with zero attached hydrogens (tertiary/aromatic N) is 3. The lowest BCUT2D eigenvalue weighted by atomic mass is 10.2. The molecule has 0 fully saturated rings. The molecule has 1 aromatic rings. The maximum absolute atomic E-state index is 5.61. The van der Waals surface area contributed by atoms with Gasteiger partial charge in [0.2, 0.25) is 0 Å². The van der Waals surface area contributed by atoms with Crippen molar-refractivity contribution in [2.24, 2.45) is 5.73 Å². The topological polar surface area (TPSA) is 56.7 Å². The molecule has 0 unspecified atom stereocenters. The molecule has 0 saturated carbocycles. The van der Waals surface area contributed by atoms with Gasteiger partial charge in [-0.2, -0.15) is 0 Å². The van der Waals surface area contributed by atoms with Gasteiger partial charge in [-0.05, 0) is 20.3 Å². The normalized spacial score (nSPS) is 11.1. The van der Waals surface area contributed by atoms with Crippen LogP contribution in [-0.4, -0.2) is 15.0 Å². The number of hydrogen-bond donors (Lipinski definition) is 1. The molecular formula is C8H16N4. The Morgan fingerprint density at radius 2 is 2.17 bits per heavy atom. The first-order valence-corrected chi connectivity index (χ1v) is 4.33. The second-order valence-corrected chi connectivity index (χ2v) is 3.08. The van der Waals surface area contributed by atoms with E-state index < -0.39 is 0 Å². The van der Waals surface area contributed by atoms with Crippen LogP contribution >= 0.6 is 0 Å². The Hall–Kier alpha value is -0.900. The van der Waals surface area contributed by atoms with Crippen molar-refractivity contribution in [3.8, 4) is 0 Å². The first-order chi connectivity index (χ1) is 5.70. The largest absolute Gasteiger partial charge is 0.325 e. The van der Waals surface area contributed by atoms with E-state index in [-0.39, 0.29) is 0 Å². The van der Waals surface area contributed by atoms with Gasteiger partial charge in [-0.25, -0.2) is 4.68 Å². The second kappa shape index (κ2) is 3.67. The Balaban J connectivity index is 3.05. The highest BCUT2D eigenvalue weighted by molar-refractivity contribution is 5.09. The molecule has 0 amide bonds. The highest BCUT2D eigenvalue weighted by atomic mass is 15.4. The van der Waals surface area contributed by atoms with Crippen LogP contribution in [0, 0.1) is 0 Å². The summed E-state index contributed by atoms with van der Waals surface area (Å²) in [6, 6.07) is 0.344. The van der Waals surface area contributed by atoms with E-state index in [0.29, 0.717) is 12.6 Å². The number of aryl methyl sites for hydroxylation is 1. The van der Waals surface area contributed by atoms with Crippen molar-refractivity contribution < 1.29 is 0 Å². The molecule has 0 aliphatic heterocycles. The molecule has 0 radical (unpaired) electrons. The standard InChI is InChI=1S/C8H16N4/c1-4-7-8(5-9)12(6(2)3)11-10-7/h6H,4-5,9H2,1-3H3. The first-order valence-electron chi connectivity index (χ1n) is 4.33. The zero-order chi connectivity index (χ0) is 9.14. The number of hydrogen-bond acceptors (Lipinski definition) is 3. The average Bonchev–Trinajstić information content (AvgIpc) is 2.46. The van der Waals surface area contributed by atoms with E-state index in [2.05, 4.69) is 31.1 Å². The predicted octanol–water partition coefficient (Wildman–Crippen LogP) is 0.880. The highest BCUT2D eigenvalue weighted by Gasteiger charge is 2.10. The smallest absolute Gasteiger partial charge is 0.0869 e. The first kappa shape index (κ1) is 9.19. The van der Waals surface area contributed by atoms with Crippen molar-refractivity contribution >= 4 is 0 Å². The van der Waals surface area contributed by atoms with E-state index in [1.165, 1.54) is 0 Å². The van der Waals surface area contributed by atoms with Crippen molar-refractivity contribution in [3.63, 3.8) is 0 Å². The Morgan fingerprint density at radius 3 is 2.58 bits per heavy atom. The lowest BCUT2D eigenvalue weighted by Crippen LogP contribution is -2.12. The second-order valence-electron chi connectivity index (χ2n) is 3.08. The monoisotopic (exact) mass is 168 g/mol. The average molecular weight is 168 g/mol. The van der Waals surface area contributed by atoms with Crippen molar-refractivity contribution in [2.45, 2.75) is 39.8 Å². The molecule has 4 heteroatoms. The van der Waals surface area contributed by atoms with E-state index >= 15 is 0 Å². The molecule has 0 bridgehead atoms. The van der Waals surface area contributed by atoms with Crippen molar-refractivity contribution in [2.75, 3.05) is 0 Å². The molecule has 1 rings (SSSR count). The lowest BCUT2D eigenvalue weighted by Gasteiger charge is -2.08. The van der Waals surface area contributed by atoms with Gasteiger partial charge in [0.25, 0.3) is 0 Å². The van der Waals surface area contributed by atoms with Gasteiger partial charge in [-0.1, -0.05) is 12.1 Å². The van der Waals surface area contributed by atoms with E-state index in [4.69, 9.17) is 5.73 Å².